The molecule has 0 radical (unpaired) electrons. The summed E-state index contributed by atoms with van der Waals surface area (Å²) in [6.07, 6.45) is -3.85. The Labute approximate surface area is 255 Å². The molecule has 46 heavy (non-hydrogen) atoms. The van der Waals surface area contributed by atoms with Crippen molar-refractivity contribution in [2.75, 3.05) is 19.0 Å². The highest BCUT2D eigenvalue weighted by Crippen LogP contribution is 2.37. The first-order chi connectivity index (χ1) is 21.8. The zero-order chi connectivity index (χ0) is 33.3. The molecule has 0 bridgehead atoms. The number of carbonyl (C=O) groups is 2. The zero-order valence-corrected chi connectivity index (χ0v) is 24.1. The van der Waals surface area contributed by atoms with Gasteiger partial charge >= 0.3 is 12.3 Å². The highest BCUT2D eigenvalue weighted by Gasteiger charge is 2.31. The molecule has 1 amide bonds. The smallest absolute Gasteiger partial charge is 0.493 e. The van der Waals surface area contributed by atoms with Crippen LogP contribution in [0.4, 0.5) is 23.2 Å². The Hall–Kier alpha value is -5.93. The molecule has 5 rings (SSSR count). The van der Waals surface area contributed by atoms with Gasteiger partial charge in [-0.15, -0.1) is 13.2 Å². The van der Waals surface area contributed by atoms with Crippen molar-refractivity contribution in [1.82, 2.24) is 14.5 Å². The predicted molar refractivity (Wildman–Crippen MR) is 154 cm³/mol. The summed E-state index contributed by atoms with van der Waals surface area (Å²) in [7, 11) is 2.86. The predicted octanol–water partition coefficient (Wildman–Crippen LogP) is 5.34. The Morgan fingerprint density at radius 2 is 1.76 bits per heavy atom. The van der Waals surface area contributed by atoms with Crippen molar-refractivity contribution in [2.45, 2.75) is 13.3 Å². The van der Waals surface area contributed by atoms with Crippen LogP contribution in [0.5, 0.6) is 28.9 Å². The summed E-state index contributed by atoms with van der Waals surface area (Å²) in [6.45, 7) is 0.854. The second kappa shape index (κ2) is 12.2. The first-order valence-electron chi connectivity index (χ1n) is 13.1. The molecule has 0 saturated carbocycles. The van der Waals surface area contributed by atoms with Gasteiger partial charge in [0.2, 0.25) is 11.3 Å². The van der Waals surface area contributed by atoms with Gasteiger partial charge in [0.15, 0.2) is 29.7 Å². The summed E-state index contributed by atoms with van der Waals surface area (Å²) in [4.78, 5) is 45.5. The summed E-state index contributed by atoms with van der Waals surface area (Å²) in [6, 6.07) is 9.48. The van der Waals surface area contributed by atoms with E-state index in [1.165, 1.54) is 56.0 Å². The average molecular weight is 643 g/mol. The van der Waals surface area contributed by atoms with E-state index in [1.807, 2.05) is 0 Å². The van der Waals surface area contributed by atoms with Crippen molar-refractivity contribution < 1.29 is 51.2 Å². The quantitative estimate of drug-likeness (QED) is 0.202. The van der Waals surface area contributed by atoms with Crippen molar-refractivity contribution in [2.24, 2.45) is 7.05 Å². The first-order valence-corrected chi connectivity index (χ1v) is 13.1. The second-order valence-electron chi connectivity index (χ2n) is 9.66. The van der Waals surface area contributed by atoms with E-state index in [4.69, 9.17) is 19.3 Å². The van der Waals surface area contributed by atoms with Gasteiger partial charge in [0.1, 0.15) is 17.6 Å². The number of amides is 1. The van der Waals surface area contributed by atoms with E-state index >= 15 is 4.39 Å². The number of rotatable bonds is 9. The number of hydrogen-bond acceptors (Lipinski definition) is 9. The number of nitrogens with one attached hydrogen (secondary N) is 1. The van der Waals surface area contributed by atoms with Crippen LogP contribution in [0, 0.1) is 12.7 Å². The van der Waals surface area contributed by atoms with Gasteiger partial charge in [-0.2, -0.15) is 0 Å². The summed E-state index contributed by atoms with van der Waals surface area (Å²) in [5.74, 6) is -3.81. The summed E-state index contributed by atoms with van der Waals surface area (Å²) in [5.41, 5.74) is -0.519. The number of carboxylic acids is 1. The molecule has 0 aliphatic carbocycles. The number of methoxy groups -OCH3 is 1. The normalized spacial score (nSPS) is 11.4. The van der Waals surface area contributed by atoms with Gasteiger partial charge in [-0.05, 0) is 43.3 Å². The van der Waals surface area contributed by atoms with Crippen molar-refractivity contribution in [3.05, 3.63) is 82.2 Å². The third kappa shape index (κ3) is 6.45. The van der Waals surface area contributed by atoms with E-state index in [0.717, 1.165) is 24.5 Å². The van der Waals surface area contributed by atoms with Crippen molar-refractivity contribution >= 4 is 39.4 Å². The van der Waals surface area contributed by atoms with E-state index in [-0.39, 0.29) is 61.9 Å². The van der Waals surface area contributed by atoms with Crippen LogP contribution in [-0.4, -0.2) is 51.6 Å². The molecule has 16 heteroatoms. The second-order valence-corrected chi connectivity index (χ2v) is 9.66. The molecule has 12 nitrogen and oxygen atoms in total. The number of pyridine rings is 1. The molecule has 0 fully saturated rings. The molecule has 3 aromatic carbocycles. The maximum atomic E-state index is 15.2. The van der Waals surface area contributed by atoms with Crippen LogP contribution in [0.15, 0.2) is 59.7 Å². The number of aliphatic carboxylic acids is 1. The SMILES string of the molecule is COc1cc2c(Oc3ccc(NC(=O)c4c(C)n(C)c5ccc(OC(F)(F)F)cc5c4=O)cc3F)ncnc2cc1OCC(=O)O. The van der Waals surface area contributed by atoms with Crippen molar-refractivity contribution in [1.29, 1.82) is 0 Å². The molecule has 0 spiro atoms. The monoisotopic (exact) mass is 642 g/mol. The number of nitrogens with zero attached hydrogens (tertiary/aromatic N) is 3. The molecule has 0 atom stereocenters. The number of carbonyl (C=O) groups excluding carboxylic acids is 1. The standard InChI is InChI=1S/C30H22F4N4O8/c1-14-26(27(41)18-9-16(46-30(32,33)34)5-6-21(18)38(14)2)28(42)37-15-4-7-22(19(31)8-15)45-29-17-10-23(43-3)24(44-12-25(39)40)11-20(17)35-13-36-29/h4-11,13H,12H2,1-3H3,(H,37,42)(H,39,40). The molecule has 238 valence electrons. The molecule has 5 aromatic rings. The van der Waals surface area contributed by atoms with Crippen LogP contribution in [0.2, 0.25) is 0 Å². The number of ether oxygens (including phenoxy) is 4. The Balaban J connectivity index is 1.41. The maximum absolute atomic E-state index is 15.2. The number of alkyl halides is 3. The van der Waals surface area contributed by atoms with Crippen molar-refractivity contribution in [3.63, 3.8) is 0 Å². The lowest BCUT2D eigenvalue weighted by Crippen LogP contribution is -2.26. The Morgan fingerprint density at radius 1 is 1.00 bits per heavy atom. The molecule has 0 unspecified atom stereocenters. The highest BCUT2D eigenvalue weighted by atomic mass is 19.4. The lowest BCUT2D eigenvalue weighted by Gasteiger charge is -2.16. The van der Waals surface area contributed by atoms with Gasteiger partial charge in [0, 0.05) is 30.6 Å². The van der Waals surface area contributed by atoms with Gasteiger partial charge in [-0.1, -0.05) is 0 Å². The number of fused-ring (bicyclic) bond motifs is 2. The number of benzene rings is 3. The van der Waals surface area contributed by atoms with E-state index in [2.05, 4.69) is 20.0 Å². The fourth-order valence-corrected chi connectivity index (χ4v) is 4.59. The Morgan fingerprint density at radius 3 is 2.43 bits per heavy atom. The molecule has 2 N–H and O–H groups in total. The van der Waals surface area contributed by atoms with Gasteiger partial charge in [-0.25, -0.2) is 19.2 Å². The van der Waals surface area contributed by atoms with Gasteiger partial charge in [0.25, 0.3) is 5.91 Å². The lowest BCUT2D eigenvalue weighted by atomic mass is 10.1. The average Bonchev–Trinajstić information content (AvgIpc) is 2.99. The van der Waals surface area contributed by atoms with Gasteiger partial charge < -0.3 is 33.9 Å². The third-order valence-corrected chi connectivity index (χ3v) is 6.76. The Kier molecular flexibility index (Phi) is 8.37. The van der Waals surface area contributed by atoms with Crippen molar-refractivity contribution in [3.8, 4) is 28.9 Å². The fourth-order valence-electron chi connectivity index (χ4n) is 4.59. The van der Waals surface area contributed by atoms with Gasteiger partial charge in [0.05, 0.1) is 28.9 Å². The number of carboxylic acid groups (broad SMARTS) is 1. The van der Waals surface area contributed by atoms with Crippen LogP contribution in [0.1, 0.15) is 16.1 Å². The number of aryl methyl sites for hydroxylation is 1. The number of aromatic nitrogens is 3. The largest absolute Gasteiger partial charge is 0.573 e. The third-order valence-electron chi connectivity index (χ3n) is 6.76. The van der Waals surface area contributed by atoms with Crippen LogP contribution in [-0.2, 0) is 11.8 Å². The summed E-state index contributed by atoms with van der Waals surface area (Å²) >= 11 is 0. The lowest BCUT2D eigenvalue weighted by molar-refractivity contribution is -0.274. The molecular weight excluding hydrogens is 620 g/mol. The molecular formula is C30H22F4N4O8. The zero-order valence-electron chi connectivity index (χ0n) is 24.1. The fraction of sp³-hybridized carbons (Fsp3) is 0.167. The first kappa shape index (κ1) is 31.5. The van der Waals surface area contributed by atoms with Crippen LogP contribution < -0.4 is 29.7 Å². The molecule has 0 aliphatic heterocycles. The van der Waals surface area contributed by atoms with Crippen LogP contribution >= 0.6 is 0 Å². The molecule has 0 saturated heterocycles. The number of halogens is 4. The van der Waals surface area contributed by atoms with E-state index in [0.29, 0.717) is 0 Å². The Bertz CT molecular complexity index is 2080. The van der Waals surface area contributed by atoms with Crippen LogP contribution in [0.25, 0.3) is 21.8 Å². The maximum Gasteiger partial charge on any atom is 0.573 e. The minimum atomic E-state index is -4.99. The molecule has 2 aromatic heterocycles. The van der Waals surface area contributed by atoms with E-state index in [1.54, 1.807) is 0 Å². The van der Waals surface area contributed by atoms with E-state index in [9.17, 15) is 27.6 Å². The minimum absolute atomic E-state index is 0.0556. The van der Waals surface area contributed by atoms with Crippen LogP contribution in [0.3, 0.4) is 0 Å². The minimum Gasteiger partial charge on any atom is -0.493 e. The van der Waals surface area contributed by atoms with Gasteiger partial charge in [-0.3, -0.25) is 9.59 Å². The summed E-state index contributed by atoms with van der Waals surface area (Å²) < 4.78 is 75.0. The molecule has 0 aliphatic rings. The molecule has 2 heterocycles. The summed E-state index contributed by atoms with van der Waals surface area (Å²) in [5, 5.41) is 11.4. The number of anilines is 1. The van der Waals surface area contributed by atoms with E-state index < -0.39 is 41.8 Å². The topological polar surface area (TPSA) is 151 Å². The number of hydrogen-bond donors (Lipinski definition) is 2. The highest BCUT2D eigenvalue weighted by molar-refractivity contribution is 6.07.